The molecule has 1 atom stereocenters. The van der Waals surface area contributed by atoms with E-state index in [1.807, 2.05) is 35.2 Å². The molecule has 0 unspecified atom stereocenters. The van der Waals surface area contributed by atoms with E-state index >= 15 is 4.39 Å². The van der Waals surface area contributed by atoms with Crippen molar-refractivity contribution in [2.75, 3.05) is 88.4 Å². The van der Waals surface area contributed by atoms with Gasteiger partial charge >= 0.3 is 6.01 Å². The van der Waals surface area contributed by atoms with Crippen LogP contribution in [0.4, 0.5) is 15.9 Å². The molecule has 12 rings (SSSR count). The van der Waals surface area contributed by atoms with Crippen LogP contribution in [0, 0.1) is 22.6 Å². The van der Waals surface area contributed by atoms with Gasteiger partial charge in [-0.3, -0.25) is 34.4 Å². The van der Waals surface area contributed by atoms with E-state index in [0.29, 0.717) is 67.0 Å². The monoisotopic (exact) mass is 978 g/mol. The molecule has 3 aromatic carbocycles. The van der Waals surface area contributed by atoms with E-state index < -0.39 is 11.9 Å². The van der Waals surface area contributed by atoms with Crippen LogP contribution >= 0.6 is 0 Å². The molecule has 2 saturated carbocycles. The van der Waals surface area contributed by atoms with Gasteiger partial charge in [0.1, 0.15) is 28.8 Å². The fraction of sp³-hybridized carbons (Fsp3) is 0.509. The number of piperazine rings is 1. The summed E-state index contributed by atoms with van der Waals surface area (Å²) < 4.78 is 23.6. The molecular weight excluding hydrogens is 916 g/mol. The first-order chi connectivity index (χ1) is 34.9. The molecule has 4 saturated heterocycles. The van der Waals surface area contributed by atoms with Crippen molar-refractivity contribution >= 4 is 56.8 Å². The number of aryl methyl sites for hydroxylation is 1. The number of aromatic nitrogens is 3. The van der Waals surface area contributed by atoms with Crippen LogP contribution in [0.15, 0.2) is 54.7 Å². The number of hydrogen-bond donors (Lipinski definition) is 3. The summed E-state index contributed by atoms with van der Waals surface area (Å²) in [6.45, 7) is 12.3. The average Bonchev–Trinajstić information content (AvgIpc) is 4.11. The Morgan fingerprint density at radius 1 is 0.847 bits per heavy atom. The molecule has 7 aliphatic rings. The van der Waals surface area contributed by atoms with Gasteiger partial charge in [0.15, 0.2) is 5.82 Å². The third kappa shape index (κ3) is 8.85. The Bertz CT molecular complexity index is 2990. The number of likely N-dealkylation sites (tertiary alicyclic amines) is 1. The molecule has 16 nitrogen and oxygen atoms in total. The van der Waals surface area contributed by atoms with Crippen molar-refractivity contribution in [3.8, 4) is 23.0 Å². The first-order valence-electron chi connectivity index (χ1n) is 26.2. The maximum absolute atomic E-state index is 17.1. The number of amides is 4. The van der Waals surface area contributed by atoms with Crippen molar-refractivity contribution in [1.29, 1.82) is 0 Å². The van der Waals surface area contributed by atoms with Gasteiger partial charge in [0.2, 0.25) is 17.7 Å². The van der Waals surface area contributed by atoms with E-state index in [9.17, 15) is 24.3 Å². The number of hydrogen-bond acceptors (Lipinski definition) is 13. The van der Waals surface area contributed by atoms with Gasteiger partial charge in [-0.25, -0.2) is 4.39 Å². The molecular formula is C55H63FN10O6. The van der Waals surface area contributed by atoms with Gasteiger partial charge in [-0.1, -0.05) is 25.1 Å². The molecule has 3 N–H and O–H groups in total. The van der Waals surface area contributed by atoms with E-state index in [1.54, 1.807) is 23.2 Å². The second kappa shape index (κ2) is 18.5. The van der Waals surface area contributed by atoms with E-state index in [-0.39, 0.29) is 64.9 Å². The Hall–Kier alpha value is -6.46. The second-order valence-electron chi connectivity index (χ2n) is 21.8. The molecule has 72 heavy (non-hydrogen) atoms. The third-order valence-electron chi connectivity index (χ3n) is 17.1. The predicted octanol–water partition coefficient (Wildman–Crippen LogP) is 5.81. The Balaban J connectivity index is 0.654. The number of rotatable bonds is 12. The number of pyridine rings is 1. The van der Waals surface area contributed by atoms with Crippen molar-refractivity contribution in [2.45, 2.75) is 83.7 Å². The number of anilines is 2. The minimum Gasteiger partial charge on any atom is -0.508 e. The molecule has 6 fully saturated rings. The van der Waals surface area contributed by atoms with Crippen LogP contribution in [0.2, 0.25) is 0 Å². The molecule has 17 heteroatoms. The van der Waals surface area contributed by atoms with Crippen molar-refractivity contribution in [3.05, 3.63) is 77.2 Å². The third-order valence-corrected chi connectivity index (χ3v) is 17.1. The smallest absolute Gasteiger partial charge is 0.319 e. The number of phenolic OH excluding ortho intramolecular Hbond substituents is 1. The van der Waals surface area contributed by atoms with Gasteiger partial charge in [0, 0.05) is 107 Å². The lowest BCUT2D eigenvalue weighted by atomic mass is 9.57. The van der Waals surface area contributed by atoms with E-state index in [1.165, 1.54) is 25.7 Å². The molecule has 2 aromatic heterocycles. The number of phenols is 1. The molecule has 4 amide bonds. The van der Waals surface area contributed by atoms with Crippen LogP contribution in [-0.2, 0) is 27.3 Å². The number of carbonyl (C=O) groups excluding carboxylic acids is 4. The highest BCUT2D eigenvalue weighted by Gasteiger charge is 2.50. The highest BCUT2D eigenvalue weighted by Crippen LogP contribution is 2.54. The zero-order valence-corrected chi connectivity index (χ0v) is 41.1. The number of ether oxygens (including phenoxy) is 1. The van der Waals surface area contributed by atoms with E-state index in [4.69, 9.17) is 14.7 Å². The number of fused-ring (bicyclic) bond motifs is 3. The van der Waals surface area contributed by atoms with Crippen LogP contribution in [0.25, 0.3) is 32.9 Å². The van der Waals surface area contributed by atoms with E-state index in [0.717, 1.165) is 105 Å². The number of carbonyl (C=O) groups is 4. The summed E-state index contributed by atoms with van der Waals surface area (Å²) in [7, 11) is 0. The molecule has 5 aromatic rings. The molecule has 2 aliphatic carbocycles. The highest BCUT2D eigenvalue weighted by molar-refractivity contribution is 6.06. The summed E-state index contributed by atoms with van der Waals surface area (Å²) in [6.07, 6.45) is 10.3. The Kier molecular flexibility index (Phi) is 12.0. The Morgan fingerprint density at radius 2 is 1.67 bits per heavy atom. The lowest BCUT2D eigenvalue weighted by molar-refractivity contribution is -0.137. The summed E-state index contributed by atoms with van der Waals surface area (Å²) in [4.78, 5) is 75.4. The first kappa shape index (κ1) is 46.6. The quantitative estimate of drug-likeness (QED) is 0.128. The van der Waals surface area contributed by atoms with Crippen molar-refractivity contribution < 1.29 is 33.4 Å². The van der Waals surface area contributed by atoms with Crippen LogP contribution in [-0.4, -0.2) is 143 Å². The molecule has 5 aliphatic heterocycles. The number of halogens is 1. The highest BCUT2D eigenvalue weighted by atomic mass is 19.1. The number of imide groups is 1. The summed E-state index contributed by atoms with van der Waals surface area (Å²) >= 11 is 0. The summed E-state index contributed by atoms with van der Waals surface area (Å²) in [5, 5.41) is 18.2. The summed E-state index contributed by atoms with van der Waals surface area (Å²) in [5.74, 6) is -0.210. The van der Waals surface area contributed by atoms with Gasteiger partial charge in [-0.15, -0.1) is 0 Å². The number of nitrogens with zero attached hydrogens (tertiary/aromatic N) is 8. The maximum atomic E-state index is 17.1. The number of benzene rings is 3. The molecule has 7 heterocycles. The Labute approximate surface area is 418 Å². The number of piperidine rings is 2. The first-order valence-corrected chi connectivity index (χ1v) is 26.2. The fourth-order valence-corrected chi connectivity index (χ4v) is 12.9. The topological polar surface area (TPSA) is 177 Å². The van der Waals surface area contributed by atoms with Crippen molar-refractivity contribution in [2.24, 2.45) is 16.7 Å². The van der Waals surface area contributed by atoms with Crippen molar-refractivity contribution in [3.63, 3.8) is 0 Å². The Morgan fingerprint density at radius 3 is 2.44 bits per heavy atom. The van der Waals surface area contributed by atoms with Crippen LogP contribution in [0.3, 0.4) is 0 Å². The van der Waals surface area contributed by atoms with Gasteiger partial charge in [0.25, 0.3) is 5.91 Å². The standard InChI is InChI=1S/C55H63FN10O6/c1-2-35-4-3-5-36-25-39(67)26-41(46(35)36)48-47(56)49-42(29-58-48)50(65-16-10-44(68)57-15-19-65)61-53(60-49)72-33-55(11-12-55)32-63-17-13-54(14-18-63)27-34(28-54)30-62-20-22-64(23-21-62)38-6-7-40-37(24-38)31-66(52(40)71)43-8-9-45(69)59-51(43)70/h3-7,24-26,29,34,43,67H,2,8-23,27-28,30-33H2,1H3,(H,57,68)(H,59,69,70)/t43-/m0/s1. The number of nitrogens with one attached hydrogen (secondary N) is 2. The predicted molar refractivity (Wildman–Crippen MR) is 270 cm³/mol. The number of aromatic hydroxyl groups is 1. The minimum absolute atomic E-state index is 0.0153. The largest absolute Gasteiger partial charge is 0.508 e. The summed E-state index contributed by atoms with van der Waals surface area (Å²) in [5.41, 5.74) is 4.85. The maximum Gasteiger partial charge on any atom is 0.319 e. The van der Waals surface area contributed by atoms with Gasteiger partial charge in [-0.05, 0) is 128 Å². The molecule has 0 radical (unpaired) electrons. The minimum atomic E-state index is -0.609. The molecule has 1 spiro atoms. The SMILES string of the molecule is CCc1cccc2cc(O)cc(-c3ncc4c(N5CCNC(=O)CC5)nc(OCC5(CN6CCC7(CC6)CC(CN6CCN(c8ccc9c(c8)CN([C@H]8CCC(=O)NC8=O)C9=O)CC6)C7)CC5)nc4c3F)c12. The van der Waals surface area contributed by atoms with Gasteiger partial charge in [-0.2, -0.15) is 9.97 Å². The molecule has 376 valence electrons. The second-order valence-corrected chi connectivity index (χ2v) is 21.8. The van der Waals surface area contributed by atoms with Crippen LogP contribution < -0.4 is 25.2 Å². The lowest BCUT2D eigenvalue weighted by Gasteiger charge is -2.54. The normalized spacial score (nSPS) is 22.5. The lowest BCUT2D eigenvalue weighted by Crippen LogP contribution is -2.53. The van der Waals surface area contributed by atoms with E-state index in [2.05, 4.69) is 43.3 Å². The van der Waals surface area contributed by atoms with Gasteiger partial charge in [0.05, 0.1) is 12.0 Å². The van der Waals surface area contributed by atoms with Crippen LogP contribution in [0.1, 0.15) is 86.2 Å². The molecule has 0 bridgehead atoms. The zero-order valence-electron chi connectivity index (χ0n) is 41.1. The average molecular weight is 979 g/mol. The van der Waals surface area contributed by atoms with Crippen LogP contribution in [0.5, 0.6) is 11.8 Å². The van der Waals surface area contributed by atoms with Crippen molar-refractivity contribution in [1.82, 2.24) is 40.3 Å². The fourth-order valence-electron chi connectivity index (χ4n) is 12.9. The summed E-state index contributed by atoms with van der Waals surface area (Å²) in [6, 6.07) is 14.7. The zero-order chi connectivity index (χ0) is 49.3. The van der Waals surface area contributed by atoms with Gasteiger partial charge < -0.3 is 34.8 Å².